The molecule has 1 fully saturated rings. The SMILES string of the molecule is COc1cc(F)c(C2=C(CC(=N)NC3CC3)C(C)C=C2)cc1[N+](=O)[O-]. The molecule has 132 valence electrons. The molecule has 0 amide bonds. The lowest BCUT2D eigenvalue weighted by Crippen LogP contribution is -2.25. The smallest absolute Gasteiger partial charge is 0.311 e. The van der Waals surface area contributed by atoms with Gasteiger partial charge in [-0.2, -0.15) is 0 Å². The quantitative estimate of drug-likeness (QED) is 0.355. The first-order valence-corrected chi connectivity index (χ1v) is 8.18. The monoisotopic (exact) mass is 345 g/mol. The molecule has 1 aromatic rings. The van der Waals surface area contributed by atoms with Gasteiger partial charge in [0.1, 0.15) is 5.82 Å². The second-order valence-corrected chi connectivity index (χ2v) is 6.42. The molecule has 2 N–H and O–H groups in total. The molecule has 1 aromatic carbocycles. The molecule has 0 heterocycles. The summed E-state index contributed by atoms with van der Waals surface area (Å²) in [5.74, 6) is -0.229. The van der Waals surface area contributed by atoms with Crippen LogP contribution in [0.3, 0.4) is 0 Å². The molecular weight excluding hydrogens is 325 g/mol. The Balaban J connectivity index is 1.99. The van der Waals surface area contributed by atoms with Crippen molar-refractivity contribution in [1.82, 2.24) is 5.32 Å². The van der Waals surface area contributed by atoms with E-state index in [9.17, 15) is 14.5 Å². The van der Waals surface area contributed by atoms with Gasteiger partial charge in [0.15, 0.2) is 5.75 Å². The molecule has 0 bridgehead atoms. The first-order valence-electron chi connectivity index (χ1n) is 8.18. The molecule has 0 aromatic heterocycles. The lowest BCUT2D eigenvalue weighted by Gasteiger charge is -2.15. The topological polar surface area (TPSA) is 88.2 Å². The number of nitro benzene ring substituents is 1. The van der Waals surface area contributed by atoms with E-state index < -0.39 is 10.7 Å². The van der Waals surface area contributed by atoms with Crippen LogP contribution in [0.1, 0.15) is 31.7 Å². The molecule has 3 rings (SSSR count). The number of methoxy groups -OCH3 is 1. The summed E-state index contributed by atoms with van der Waals surface area (Å²) in [5, 5.41) is 22.5. The number of nitro groups is 1. The van der Waals surface area contributed by atoms with Crippen molar-refractivity contribution in [3.63, 3.8) is 0 Å². The molecule has 25 heavy (non-hydrogen) atoms. The van der Waals surface area contributed by atoms with Gasteiger partial charge in [0.25, 0.3) is 0 Å². The Labute approximate surface area is 145 Å². The molecule has 0 saturated heterocycles. The third-order valence-corrected chi connectivity index (χ3v) is 4.53. The van der Waals surface area contributed by atoms with Crippen LogP contribution in [0.2, 0.25) is 0 Å². The van der Waals surface area contributed by atoms with E-state index in [1.54, 1.807) is 6.08 Å². The Morgan fingerprint density at radius 1 is 1.48 bits per heavy atom. The van der Waals surface area contributed by atoms with E-state index in [2.05, 4.69) is 5.32 Å². The number of ether oxygens (including phenoxy) is 1. The van der Waals surface area contributed by atoms with Crippen molar-refractivity contribution in [1.29, 1.82) is 5.41 Å². The van der Waals surface area contributed by atoms with E-state index >= 15 is 0 Å². The van der Waals surface area contributed by atoms with Gasteiger partial charge in [-0.25, -0.2) is 4.39 Å². The Hall–Kier alpha value is -2.70. The summed E-state index contributed by atoms with van der Waals surface area (Å²) in [5.41, 5.74) is 1.39. The number of allylic oxidation sites excluding steroid dienone is 3. The van der Waals surface area contributed by atoms with Gasteiger partial charge < -0.3 is 10.1 Å². The average Bonchev–Trinajstić information content (AvgIpc) is 3.30. The number of nitrogens with zero attached hydrogens (tertiary/aromatic N) is 1. The number of hydrogen-bond donors (Lipinski definition) is 2. The van der Waals surface area contributed by atoms with Crippen LogP contribution in [0.25, 0.3) is 5.57 Å². The first-order chi connectivity index (χ1) is 11.9. The van der Waals surface area contributed by atoms with Gasteiger partial charge in [0.05, 0.1) is 17.9 Å². The van der Waals surface area contributed by atoms with Gasteiger partial charge in [0, 0.05) is 30.2 Å². The van der Waals surface area contributed by atoms with Crippen LogP contribution in [0, 0.1) is 27.3 Å². The number of hydrogen-bond acceptors (Lipinski definition) is 4. The Morgan fingerprint density at radius 3 is 2.80 bits per heavy atom. The molecule has 0 spiro atoms. The maximum absolute atomic E-state index is 14.6. The summed E-state index contributed by atoms with van der Waals surface area (Å²) in [7, 11) is 1.27. The summed E-state index contributed by atoms with van der Waals surface area (Å²) in [6, 6.07) is 2.63. The van der Waals surface area contributed by atoms with Gasteiger partial charge in [-0.15, -0.1) is 0 Å². The number of rotatable bonds is 6. The van der Waals surface area contributed by atoms with Crippen LogP contribution < -0.4 is 10.1 Å². The van der Waals surface area contributed by atoms with Gasteiger partial charge >= 0.3 is 5.69 Å². The van der Waals surface area contributed by atoms with Crippen molar-refractivity contribution in [2.24, 2.45) is 5.92 Å². The largest absolute Gasteiger partial charge is 0.490 e. The Kier molecular flexibility index (Phi) is 4.57. The predicted molar refractivity (Wildman–Crippen MR) is 93.3 cm³/mol. The first kappa shape index (κ1) is 17.1. The van der Waals surface area contributed by atoms with Crippen LogP contribution in [0.4, 0.5) is 10.1 Å². The maximum atomic E-state index is 14.6. The van der Waals surface area contributed by atoms with E-state index in [-0.39, 0.29) is 22.9 Å². The van der Waals surface area contributed by atoms with Crippen molar-refractivity contribution < 1.29 is 14.1 Å². The molecule has 0 aliphatic heterocycles. The minimum Gasteiger partial charge on any atom is -0.490 e. The Bertz CT molecular complexity index is 797. The summed E-state index contributed by atoms with van der Waals surface area (Å²) in [4.78, 5) is 10.7. The van der Waals surface area contributed by atoms with Crippen LogP contribution in [0.15, 0.2) is 29.9 Å². The van der Waals surface area contributed by atoms with E-state index in [1.807, 2.05) is 13.0 Å². The molecule has 2 aliphatic rings. The number of nitrogens with one attached hydrogen (secondary N) is 2. The molecule has 6 nitrogen and oxygen atoms in total. The Morgan fingerprint density at radius 2 is 2.20 bits per heavy atom. The van der Waals surface area contributed by atoms with Crippen LogP contribution in [0.5, 0.6) is 5.75 Å². The van der Waals surface area contributed by atoms with Crippen molar-refractivity contribution >= 4 is 17.1 Å². The minimum absolute atomic E-state index is 0.0527. The number of amidine groups is 1. The molecule has 0 radical (unpaired) electrons. The molecule has 1 saturated carbocycles. The fraction of sp³-hybridized carbons (Fsp3) is 0.389. The van der Waals surface area contributed by atoms with Gasteiger partial charge in [-0.1, -0.05) is 19.1 Å². The number of benzene rings is 1. The molecule has 7 heteroatoms. The highest BCUT2D eigenvalue weighted by Crippen LogP contribution is 2.39. The maximum Gasteiger partial charge on any atom is 0.311 e. The second-order valence-electron chi connectivity index (χ2n) is 6.42. The summed E-state index contributed by atoms with van der Waals surface area (Å²) in [6.45, 7) is 1.97. The lowest BCUT2D eigenvalue weighted by molar-refractivity contribution is -0.385. The highest BCUT2D eigenvalue weighted by Gasteiger charge is 2.27. The highest BCUT2D eigenvalue weighted by molar-refractivity contribution is 5.89. The third-order valence-electron chi connectivity index (χ3n) is 4.53. The zero-order valence-electron chi connectivity index (χ0n) is 14.1. The average molecular weight is 345 g/mol. The molecular formula is C18H20FN3O3. The van der Waals surface area contributed by atoms with E-state index in [0.717, 1.165) is 24.5 Å². The summed E-state index contributed by atoms with van der Waals surface area (Å²) < 4.78 is 19.5. The zero-order chi connectivity index (χ0) is 18.1. The second kappa shape index (κ2) is 6.66. The third kappa shape index (κ3) is 3.55. The van der Waals surface area contributed by atoms with Crippen molar-refractivity contribution in [3.8, 4) is 5.75 Å². The molecule has 1 unspecified atom stereocenters. The zero-order valence-corrected chi connectivity index (χ0v) is 14.1. The van der Waals surface area contributed by atoms with Crippen LogP contribution in [-0.2, 0) is 0 Å². The summed E-state index contributed by atoms with van der Waals surface area (Å²) in [6.07, 6.45) is 6.21. The van der Waals surface area contributed by atoms with Crippen LogP contribution in [-0.4, -0.2) is 23.9 Å². The molecule has 1 atom stereocenters. The number of halogens is 1. The highest BCUT2D eigenvalue weighted by atomic mass is 19.1. The fourth-order valence-electron chi connectivity index (χ4n) is 3.00. The predicted octanol–water partition coefficient (Wildman–Crippen LogP) is 3.82. The fourth-order valence-corrected chi connectivity index (χ4v) is 3.00. The van der Waals surface area contributed by atoms with E-state index in [1.165, 1.54) is 13.2 Å². The standard InChI is InChI=1S/C18H20FN3O3/c1-10-3-6-12(13(10)8-18(20)21-11-4-5-11)14-7-16(22(23)24)17(25-2)9-15(14)19/h3,6-7,9-11H,4-5,8H2,1-2H3,(H2,20,21). The molecule has 2 aliphatic carbocycles. The minimum atomic E-state index is -0.583. The van der Waals surface area contributed by atoms with Crippen molar-refractivity contribution in [2.75, 3.05) is 7.11 Å². The van der Waals surface area contributed by atoms with E-state index in [0.29, 0.717) is 23.9 Å². The van der Waals surface area contributed by atoms with Gasteiger partial charge in [-0.3, -0.25) is 15.5 Å². The van der Waals surface area contributed by atoms with Crippen LogP contribution >= 0.6 is 0 Å². The normalized spacial score (nSPS) is 19.2. The van der Waals surface area contributed by atoms with Crippen molar-refractivity contribution in [2.45, 2.75) is 32.2 Å². The lowest BCUT2D eigenvalue weighted by atomic mass is 9.94. The van der Waals surface area contributed by atoms with Gasteiger partial charge in [-0.05, 0) is 29.9 Å². The summed E-state index contributed by atoms with van der Waals surface area (Å²) >= 11 is 0. The van der Waals surface area contributed by atoms with Crippen molar-refractivity contribution in [3.05, 3.63) is 51.4 Å². The van der Waals surface area contributed by atoms with E-state index in [4.69, 9.17) is 10.1 Å². The van der Waals surface area contributed by atoms with Gasteiger partial charge in [0.2, 0.25) is 0 Å².